The van der Waals surface area contributed by atoms with Gasteiger partial charge in [0.05, 0.1) is 5.92 Å². The van der Waals surface area contributed by atoms with Crippen molar-refractivity contribution >= 4 is 33.8 Å². The van der Waals surface area contributed by atoms with E-state index in [-0.39, 0.29) is 23.1 Å². The summed E-state index contributed by atoms with van der Waals surface area (Å²) in [4.78, 5) is 13.1. The molecule has 0 bridgehead atoms. The Morgan fingerprint density at radius 2 is 1.86 bits per heavy atom. The first-order valence-corrected chi connectivity index (χ1v) is 13.6. The molecule has 1 N–H and O–H groups in total. The van der Waals surface area contributed by atoms with Crippen LogP contribution in [0.15, 0.2) is 45.8 Å². The number of aryl methyl sites for hydroxylation is 4. The first kappa shape index (κ1) is 25.9. The highest BCUT2D eigenvalue weighted by molar-refractivity contribution is 7.89. The van der Waals surface area contributed by atoms with Gasteiger partial charge in [-0.15, -0.1) is 0 Å². The summed E-state index contributed by atoms with van der Waals surface area (Å²) in [6.07, 6.45) is 4.73. The Morgan fingerprint density at radius 1 is 1.08 bits per heavy atom. The molecule has 1 aromatic heterocycles. The molecule has 0 radical (unpaired) electrons. The largest absolute Gasteiger partial charge is 0.355 e. The second-order valence-electron chi connectivity index (χ2n) is 9.59. The van der Waals surface area contributed by atoms with Crippen molar-refractivity contribution in [1.82, 2.24) is 9.46 Å². The quantitative estimate of drug-likeness (QED) is 0.481. The molecule has 1 atom stereocenters. The van der Waals surface area contributed by atoms with E-state index in [0.717, 1.165) is 33.5 Å². The van der Waals surface area contributed by atoms with Crippen molar-refractivity contribution in [3.63, 3.8) is 0 Å². The summed E-state index contributed by atoms with van der Waals surface area (Å²) in [6, 6.07) is 11.9. The molecule has 0 spiro atoms. The van der Waals surface area contributed by atoms with Gasteiger partial charge in [-0.2, -0.15) is 4.31 Å². The number of carbonyl (C=O) groups excluding carboxylic acids is 1. The van der Waals surface area contributed by atoms with Crippen molar-refractivity contribution in [3.05, 3.63) is 75.7 Å². The van der Waals surface area contributed by atoms with Crippen LogP contribution in [-0.2, 0) is 14.8 Å². The third kappa shape index (κ3) is 5.29. The standard InChI is InChI=1S/C28H33N3O4S/c1-18-11-12-20(3)23(16-18)13-14-26-27(22(5)30-35-26)36(33,34)31-15-7-9-24(17-31)28(32)29-25-10-6-8-19(2)21(25)4/h6,8,10-14,16,24H,7,9,15,17H2,1-5H3,(H,29,32)/b14-13+/t24-/m0/s1. The first-order valence-electron chi connectivity index (χ1n) is 12.2. The van der Waals surface area contributed by atoms with Gasteiger partial charge in [-0.3, -0.25) is 4.79 Å². The van der Waals surface area contributed by atoms with E-state index >= 15 is 0 Å². The van der Waals surface area contributed by atoms with Crippen LogP contribution in [-0.4, -0.2) is 36.9 Å². The Bertz CT molecular complexity index is 1420. The van der Waals surface area contributed by atoms with Gasteiger partial charge in [0.15, 0.2) is 10.7 Å². The zero-order chi connectivity index (χ0) is 26.0. The van der Waals surface area contributed by atoms with Gasteiger partial charge in [0.25, 0.3) is 0 Å². The number of nitrogens with one attached hydrogen (secondary N) is 1. The van der Waals surface area contributed by atoms with Crippen LogP contribution in [0, 0.1) is 40.5 Å². The molecule has 1 fully saturated rings. The summed E-state index contributed by atoms with van der Waals surface area (Å²) in [5.74, 6) is -0.418. The number of rotatable bonds is 6. The van der Waals surface area contributed by atoms with Crippen LogP contribution < -0.4 is 5.32 Å². The highest BCUT2D eigenvalue weighted by atomic mass is 32.2. The minimum Gasteiger partial charge on any atom is -0.355 e. The van der Waals surface area contributed by atoms with Crippen LogP contribution in [0.2, 0.25) is 0 Å². The molecule has 0 saturated carbocycles. The van der Waals surface area contributed by atoms with Crippen molar-refractivity contribution in [2.24, 2.45) is 5.92 Å². The fourth-order valence-electron chi connectivity index (χ4n) is 4.53. The van der Waals surface area contributed by atoms with Crippen molar-refractivity contribution in [1.29, 1.82) is 0 Å². The Labute approximate surface area is 213 Å². The van der Waals surface area contributed by atoms with Crippen molar-refractivity contribution in [3.8, 4) is 0 Å². The molecule has 8 heteroatoms. The number of anilines is 1. The number of hydrogen-bond donors (Lipinski definition) is 1. The fraction of sp³-hybridized carbons (Fsp3) is 0.357. The van der Waals surface area contributed by atoms with Gasteiger partial charge in [-0.1, -0.05) is 47.1 Å². The van der Waals surface area contributed by atoms with E-state index in [4.69, 9.17) is 4.52 Å². The predicted octanol–water partition coefficient (Wildman–Crippen LogP) is 5.43. The van der Waals surface area contributed by atoms with Crippen LogP contribution in [0.25, 0.3) is 12.2 Å². The Balaban J connectivity index is 1.56. The molecular formula is C28H33N3O4S. The monoisotopic (exact) mass is 507 g/mol. The van der Waals surface area contributed by atoms with E-state index < -0.39 is 15.9 Å². The fourth-order valence-corrected chi connectivity index (χ4v) is 6.30. The van der Waals surface area contributed by atoms with Gasteiger partial charge in [0.1, 0.15) is 5.69 Å². The van der Waals surface area contributed by atoms with E-state index in [2.05, 4.69) is 10.5 Å². The molecule has 2 heterocycles. The molecule has 1 aliphatic heterocycles. The maximum absolute atomic E-state index is 13.7. The summed E-state index contributed by atoms with van der Waals surface area (Å²) in [5.41, 5.74) is 6.32. The summed E-state index contributed by atoms with van der Waals surface area (Å²) in [5, 5.41) is 6.94. The maximum atomic E-state index is 13.7. The number of benzene rings is 2. The second-order valence-corrected chi connectivity index (χ2v) is 11.5. The predicted molar refractivity (Wildman–Crippen MR) is 142 cm³/mol. The van der Waals surface area contributed by atoms with E-state index in [1.807, 2.05) is 70.2 Å². The third-order valence-electron chi connectivity index (χ3n) is 6.90. The molecule has 36 heavy (non-hydrogen) atoms. The van der Waals surface area contributed by atoms with Crippen LogP contribution in [0.3, 0.4) is 0 Å². The third-order valence-corrected chi connectivity index (χ3v) is 8.92. The lowest BCUT2D eigenvalue weighted by Crippen LogP contribution is -2.44. The summed E-state index contributed by atoms with van der Waals surface area (Å²) >= 11 is 0. The van der Waals surface area contributed by atoms with Crippen LogP contribution in [0.1, 0.15) is 52.1 Å². The zero-order valence-corrected chi connectivity index (χ0v) is 22.3. The van der Waals surface area contributed by atoms with Crippen LogP contribution in [0.5, 0.6) is 0 Å². The number of piperidine rings is 1. The molecule has 1 aliphatic rings. The average molecular weight is 508 g/mol. The number of sulfonamides is 1. The van der Waals surface area contributed by atoms with E-state index in [0.29, 0.717) is 25.1 Å². The SMILES string of the molecule is Cc1ccc(C)c(/C=C/c2onc(C)c2S(=O)(=O)N2CCC[C@H](C(=O)Nc3cccc(C)c3C)C2)c1. The smallest absolute Gasteiger partial charge is 0.248 e. The lowest BCUT2D eigenvalue weighted by Gasteiger charge is -2.31. The molecule has 4 rings (SSSR count). The molecule has 190 valence electrons. The maximum Gasteiger partial charge on any atom is 0.248 e. The molecule has 2 aromatic carbocycles. The lowest BCUT2D eigenvalue weighted by atomic mass is 9.98. The Hall–Kier alpha value is -3.23. The normalized spacial score (nSPS) is 17.0. The number of hydrogen-bond acceptors (Lipinski definition) is 5. The van der Waals surface area contributed by atoms with Gasteiger partial charge >= 0.3 is 0 Å². The molecular weight excluding hydrogens is 474 g/mol. The summed E-state index contributed by atoms with van der Waals surface area (Å²) in [6.45, 7) is 10.1. The van der Waals surface area contributed by atoms with Crippen molar-refractivity contribution < 1.29 is 17.7 Å². The number of nitrogens with zero attached hydrogens (tertiary/aromatic N) is 2. The summed E-state index contributed by atoms with van der Waals surface area (Å²) in [7, 11) is -3.91. The van der Waals surface area contributed by atoms with Crippen LogP contribution in [0.4, 0.5) is 5.69 Å². The number of amides is 1. The van der Waals surface area contributed by atoms with Gasteiger partial charge in [-0.25, -0.2) is 8.42 Å². The molecule has 3 aromatic rings. The highest BCUT2D eigenvalue weighted by Gasteiger charge is 2.37. The van der Waals surface area contributed by atoms with Crippen molar-refractivity contribution in [2.75, 3.05) is 18.4 Å². The van der Waals surface area contributed by atoms with E-state index in [1.54, 1.807) is 13.0 Å². The Morgan fingerprint density at radius 3 is 2.64 bits per heavy atom. The molecule has 0 aliphatic carbocycles. The first-order chi connectivity index (χ1) is 17.1. The lowest BCUT2D eigenvalue weighted by molar-refractivity contribution is -0.120. The molecule has 1 amide bonds. The Kier molecular flexibility index (Phi) is 7.47. The van der Waals surface area contributed by atoms with Gasteiger partial charge in [0, 0.05) is 18.8 Å². The molecule has 7 nitrogen and oxygen atoms in total. The van der Waals surface area contributed by atoms with E-state index in [9.17, 15) is 13.2 Å². The summed E-state index contributed by atoms with van der Waals surface area (Å²) < 4.78 is 34.2. The highest BCUT2D eigenvalue weighted by Crippen LogP contribution is 2.30. The van der Waals surface area contributed by atoms with Gasteiger partial charge < -0.3 is 9.84 Å². The average Bonchev–Trinajstić information content (AvgIpc) is 3.23. The van der Waals surface area contributed by atoms with E-state index in [1.165, 1.54) is 4.31 Å². The topological polar surface area (TPSA) is 92.5 Å². The zero-order valence-electron chi connectivity index (χ0n) is 21.5. The number of carbonyl (C=O) groups is 1. The van der Waals surface area contributed by atoms with Gasteiger partial charge in [-0.05, 0) is 81.9 Å². The van der Waals surface area contributed by atoms with Gasteiger partial charge in [0.2, 0.25) is 15.9 Å². The number of aromatic nitrogens is 1. The molecule has 0 unspecified atom stereocenters. The van der Waals surface area contributed by atoms with Crippen LogP contribution >= 0.6 is 0 Å². The molecule has 1 saturated heterocycles. The minimum atomic E-state index is -3.91. The van der Waals surface area contributed by atoms with Crippen molar-refractivity contribution in [2.45, 2.75) is 52.4 Å². The minimum absolute atomic E-state index is 0.0552. The second kappa shape index (κ2) is 10.4.